The SMILES string of the molecule is CCn1nc(C(=O)OCc2ccc(F)cc2)c2ccccc2c1=O. The number of rotatable bonds is 4. The van der Waals surface area contributed by atoms with Gasteiger partial charge in [-0.15, -0.1) is 0 Å². The van der Waals surface area contributed by atoms with Gasteiger partial charge in [0, 0.05) is 11.9 Å². The van der Waals surface area contributed by atoms with Gasteiger partial charge in [-0.05, 0) is 30.7 Å². The number of aryl methyl sites for hydroxylation is 1. The zero-order valence-corrected chi connectivity index (χ0v) is 13.0. The van der Waals surface area contributed by atoms with E-state index in [-0.39, 0.29) is 23.7 Å². The van der Waals surface area contributed by atoms with Gasteiger partial charge in [-0.25, -0.2) is 13.9 Å². The number of esters is 1. The van der Waals surface area contributed by atoms with Gasteiger partial charge in [0.2, 0.25) is 0 Å². The molecule has 0 fully saturated rings. The summed E-state index contributed by atoms with van der Waals surface area (Å²) in [6.45, 7) is 2.12. The number of nitrogens with zero attached hydrogens (tertiary/aromatic N) is 2. The Balaban J connectivity index is 1.93. The van der Waals surface area contributed by atoms with Crippen molar-refractivity contribution >= 4 is 16.7 Å². The van der Waals surface area contributed by atoms with E-state index in [4.69, 9.17) is 4.74 Å². The molecule has 0 amide bonds. The number of fused-ring (bicyclic) bond motifs is 1. The van der Waals surface area contributed by atoms with E-state index in [1.54, 1.807) is 43.3 Å². The molecule has 1 aromatic heterocycles. The van der Waals surface area contributed by atoms with Gasteiger partial charge in [-0.3, -0.25) is 4.79 Å². The first-order valence-corrected chi connectivity index (χ1v) is 7.51. The normalized spacial score (nSPS) is 10.8. The highest BCUT2D eigenvalue weighted by Crippen LogP contribution is 2.15. The molecule has 0 aliphatic heterocycles. The fraction of sp³-hybridized carbons (Fsp3) is 0.167. The number of halogens is 1. The second-order valence-corrected chi connectivity index (χ2v) is 5.22. The van der Waals surface area contributed by atoms with E-state index in [0.29, 0.717) is 22.9 Å². The Morgan fingerprint density at radius 1 is 1.12 bits per heavy atom. The first-order valence-electron chi connectivity index (χ1n) is 7.51. The van der Waals surface area contributed by atoms with Crippen LogP contribution in [0.3, 0.4) is 0 Å². The molecule has 24 heavy (non-hydrogen) atoms. The lowest BCUT2D eigenvalue weighted by Gasteiger charge is -2.09. The third-order valence-electron chi connectivity index (χ3n) is 3.64. The van der Waals surface area contributed by atoms with Gasteiger partial charge in [0.1, 0.15) is 12.4 Å². The molecule has 0 atom stereocenters. The number of carbonyl (C=O) groups excluding carboxylic acids is 1. The van der Waals surface area contributed by atoms with Crippen molar-refractivity contribution in [2.45, 2.75) is 20.1 Å². The van der Waals surface area contributed by atoms with Crippen molar-refractivity contribution in [2.24, 2.45) is 0 Å². The molecule has 0 aliphatic carbocycles. The highest BCUT2D eigenvalue weighted by molar-refractivity contribution is 6.02. The Hall–Kier alpha value is -3.02. The average Bonchev–Trinajstić information content (AvgIpc) is 2.61. The molecule has 0 saturated carbocycles. The quantitative estimate of drug-likeness (QED) is 0.692. The third kappa shape index (κ3) is 3.03. The summed E-state index contributed by atoms with van der Waals surface area (Å²) in [6.07, 6.45) is 0. The minimum Gasteiger partial charge on any atom is -0.456 e. The van der Waals surface area contributed by atoms with Gasteiger partial charge < -0.3 is 4.74 Å². The first kappa shape index (κ1) is 15.9. The maximum Gasteiger partial charge on any atom is 0.359 e. The largest absolute Gasteiger partial charge is 0.456 e. The summed E-state index contributed by atoms with van der Waals surface area (Å²) in [4.78, 5) is 24.7. The van der Waals surface area contributed by atoms with Crippen molar-refractivity contribution in [2.75, 3.05) is 0 Å². The zero-order valence-electron chi connectivity index (χ0n) is 13.0. The van der Waals surface area contributed by atoms with Gasteiger partial charge in [-0.1, -0.05) is 30.3 Å². The van der Waals surface area contributed by atoms with Crippen molar-refractivity contribution in [3.05, 3.63) is 76.0 Å². The lowest BCUT2D eigenvalue weighted by molar-refractivity contribution is 0.0465. The maximum atomic E-state index is 12.9. The number of carbonyl (C=O) groups is 1. The molecule has 3 aromatic rings. The Labute approximate surface area is 137 Å². The number of benzene rings is 2. The van der Waals surface area contributed by atoms with Crippen LogP contribution in [-0.2, 0) is 17.9 Å². The molecule has 0 saturated heterocycles. The highest BCUT2D eigenvalue weighted by atomic mass is 19.1. The van der Waals surface area contributed by atoms with E-state index in [0.717, 1.165) is 0 Å². The Morgan fingerprint density at radius 2 is 1.79 bits per heavy atom. The number of aromatic nitrogens is 2. The van der Waals surface area contributed by atoms with Crippen LogP contribution >= 0.6 is 0 Å². The van der Waals surface area contributed by atoms with Crippen LogP contribution in [-0.4, -0.2) is 15.7 Å². The summed E-state index contributed by atoms with van der Waals surface area (Å²) >= 11 is 0. The van der Waals surface area contributed by atoms with Crippen LogP contribution in [0.2, 0.25) is 0 Å². The molecule has 2 aromatic carbocycles. The number of ether oxygens (including phenoxy) is 1. The molecular weight excluding hydrogens is 311 g/mol. The van der Waals surface area contributed by atoms with Crippen LogP contribution < -0.4 is 5.56 Å². The van der Waals surface area contributed by atoms with Gasteiger partial charge in [0.15, 0.2) is 5.69 Å². The fourth-order valence-electron chi connectivity index (χ4n) is 2.40. The van der Waals surface area contributed by atoms with E-state index in [1.165, 1.54) is 16.8 Å². The summed E-state index contributed by atoms with van der Waals surface area (Å²) in [5.41, 5.74) is 0.509. The first-order chi connectivity index (χ1) is 11.6. The van der Waals surface area contributed by atoms with Crippen molar-refractivity contribution < 1.29 is 13.9 Å². The zero-order chi connectivity index (χ0) is 17.1. The van der Waals surface area contributed by atoms with E-state index < -0.39 is 5.97 Å². The third-order valence-corrected chi connectivity index (χ3v) is 3.64. The van der Waals surface area contributed by atoms with Gasteiger partial charge in [0.05, 0.1) is 5.39 Å². The summed E-state index contributed by atoms with van der Waals surface area (Å²) in [5, 5.41) is 4.99. The average molecular weight is 326 g/mol. The summed E-state index contributed by atoms with van der Waals surface area (Å²) in [5.74, 6) is -0.981. The number of hydrogen-bond donors (Lipinski definition) is 0. The molecule has 0 N–H and O–H groups in total. The molecule has 0 unspecified atom stereocenters. The summed E-state index contributed by atoms with van der Waals surface area (Å²) in [6, 6.07) is 12.5. The summed E-state index contributed by atoms with van der Waals surface area (Å²) < 4.78 is 19.4. The predicted octanol–water partition coefficient (Wildman–Crippen LogP) is 2.91. The van der Waals surface area contributed by atoms with Crippen LogP contribution in [0.1, 0.15) is 23.0 Å². The van der Waals surface area contributed by atoms with Crippen LogP contribution in [0.25, 0.3) is 10.8 Å². The smallest absolute Gasteiger partial charge is 0.359 e. The predicted molar refractivity (Wildman–Crippen MR) is 87.2 cm³/mol. The fourth-order valence-corrected chi connectivity index (χ4v) is 2.40. The molecule has 122 valence electrons. The molecule has 0 spiro atoms. The minimum atomic E-state index is -0.627. The topological polar surface area (TPSA) is 61.2 Å². The second kappa shape index (κ2) is 6.62. The molecular formula is C18H15FN2O3. The van der Waals surface area contributed by atoms with Crippen LogP contribution in [0.4, 0.5) is 4.39 Å². The van der Waals surface area contributed by atoms with Gasteiger partial charge in [-0.2, -0.15) is 5.10 Å². The van der Waals surface area contributed by atoms with Crippen molar-refractivity contribution in [3.8, 4) is 0 Å². The molecule has 0 radical (unpaired) electrons. The van der Waals surface area contributed by atoms with E-state index in [2.05, 4.69) is 5.10 Å². The molecule has 5 nitrogen and oxygen atoms in total. The molecule has 0 aliphatic rings. The Bertz CT molecular complexity index is 949. The van der Waals surface area contributed by atoms with Crippen LogP contribution in [0.15, 0.2) is 53.3 Å². The van der Waals surface area contributed by atoms with Crippen molar-refractivity contribution in [3.63, 3.8) is 0 Å². The molecule has 3 rings (SSSR count). The van der Waals surface area contributed by atoms with Crippen LogP contribution in [0.5, 0.6) is 0 Å². The van der Waals surface area contributed by atoms with E-state index in [1.807, 2.05) is 0 Å². The lowest BCUT2D eigenvalue weighted by atomic mass is 10.1. The van der Waals surface area contributed by atoms with Gasteiger partial charge >= 0.3 is 5.97 Å². The van der Waals surface area contributed by atoms with Crippen LogP contribution in [0, 0.1) is 5.82 Å². The highest BCUT2D eigenvalue weighted by Gasteiger charge is 2.17. The maximum absolute atomic E-state index is 12.9. The number of hydrogen-bond acceptors (Lipinski definition) is 4. The standard InChI is InChI=1S/C18H15FN2O3/c1-2-21-17(22)15-6-4-3-5-14(15)16(20-21)18(23)24-11-12-7-9-13(19)10-8-12/h3-10H,2,11H2,1H3. The second-order valence-electron chi connectivity index (χ2n) is 5.22. The minimum absolute atomic E-state index is 0.000369. The monoisotopic (exact) mass is 326 g/mol. The van der Waals surface area contributed by atoms with E-state index in [9.17, 15) is 14.0 Å². The Kier molecular flexibility index (Phi) is 4.37. The summed E-state index contributed by atoms with van der Waals surface area (Å²) in [7, 11) is 0. The lowest BCUT2D eigenvalue weighted by Crippen LogP contribution is -2.25. The van der Waals surface area contributed by atoms with Crippen molar-refractivity contribution in [1.29, 1.82) is 0 Å². The molecule has 0 bridgehead atoms. The van der Waals surface area contributed by atoms with Gasteiger partial charge in [0.25, 0.3) is 5.56 Å². The molecule has 6 heteroatoms. The Morgan fingerprint density at radius 3 is 2.46 bits per heavy atom. The molecule has 1 heterocycles. The van der Waals surface area contributed by atoms with Crippen molar-refractivity contribution in [1.82, 2.24) is 9.78 Å². The van der Waals surface area contributed by atoms with E-state index >= 15 is 0 Å².